The first kappa shape index (κ1) is 8.96. The van der Waals surface area contributed by atoms with Gasteiger partial charge in [-0.3, -0.25) is 4.79 Å². The molecule has 72 valence electrons. The molecule has 0 radical (unpaired) electrons. The largest absolute Gasteiger partial charge is 0.376 e. The van der Waals surface area contributed by atoms with E-state index < -0.39 is 0 Å². The number of nitrogens with two attached hydrogens (primary N) is 1. The second-order valence-corrected chi connectivity index (χ2v) is 3.41. The van der Waals surface area contributed by atoms with Crippen molar-refractivity contribution >= 4 is 34.6 Å². The summed E-state index contributed by atoms with van der Waals surface area (Å²) in [6.07, 6.45) is 0. The molecule has 1 heterocycles. The van der Waals surface area contributed by atoms with Gasteiger partial charge in [0, 0.05) is 0 Å². The SMILES string of the molecule is NC(=S)N1CC(=O)Nc2ccccc21. The number of nitrogens with zero attached hydrogens (tertiary/aromatic N) is 1. The van der Waals surface area contributed by atoms with Gasteiger partial charge in [-0.2, -0.15) is 0 Å². The Kier molecular flexibility index (Phi) is 2.09. The van der Waals surface area contributed by atoms with Crippen LogP contribution in [-0.4, -0.2) is 17.6 Å². The lowest BCUT2D eigenvalue weighted by Gasteiger charge is -2.29. The number of thiocarbonyl (C=S) groups is 1. The van der Waals surface area contributed by atoms with Crippen LogP contribution in [0.1, 0.15) is 0 Å². The minimum Gasteiger partial charge on any atom is -0.376 e. The molecule has 0 fully saturated rings. The third kappa shape index (κ3) is 1.42. The van der Waals surface area contributed by atoms with Crippen molar-refractivity contribution in [1.29, 1.82) is 0 Å². The first-order chi connectivity index (χ1) is 6.68. The molecule has 0 saturated carbocycles. The third-order valence-electron chi connectivity index (χ3n) is 2.04. The van der Waals surface area contributed by atoms with Crippen LogP contribution in [0.2, 0.25) is 0 Å². The molecule has 0 unspecified atom stereocenters. The predicted octanol–water partition coefficient (Wildman–Crippen LogP) is 0.689. The van der Waals surface area contributed by atoms with Gasteiger partial charge in [0.1, 0.15) is 6.54 Å². The molecule has 0 bridgehead atoms. The number of nitrogens with one attached hydrogen (secondary N) is 1. The lowest BCUT2D eigenvalue weighted by atomic mass is 10.2. The van der Waals surface area contributed by atoms with Gasteiger partial charge < -0.3 is 16.0 Å². The third-order valence-corrected chi connectivity index (χ3v) is 2.26. The molecule has 0 aliphatic carbocycles. The number of anilines is 2. The van der Waals surface area contributed by atoms with E-state index in [4.69, 9.17) is 18.0 Å². The van der Waals surface area contributed by atoms with Crippen molar-refractivity contribution in [3.63, 3.8) is 0 Å². The Bertz CT molecular complexity index is 405. The normalized spacial score (nSPS) is 14.6. The van der Waals surface area contributed by atoms with Crippen molar-refractivity contribution in [2.75, 3.05) is 16.8 Å². The fourth-order valence-electron chi connectivity index (χ4n) is 1.43. The number of carbonyl (C=O) groups is 1. The molecular weight excluding hydrogens is 198 g/mol. The maximum absolute atomic E-state index is 11.3. The number of fused-ring (bicyclic) bond motifs is 1. The Morgan fingerprint density at radius 2 is 2.21 bits per heavy atom. The van der Waals surface area contributed by atoms with Crippen LogP contribution in [0.4, 0.5) is 11.4 Å². The summed E-state index contributed by atoms with van der Waals surface area (Å²) >= 11 is 4.87. The highest BCUT2D eigenvalue weighted by molar-refractivity contribution is 7.80. The van der Waals surface area contributed by atoms with Crippen LogP contribution < -0.4 is 16.0 Å². The summed E-state index contributed by atoms with van der Waals surface area (Å²) in [7, 11) is 0. The van der Waals surface area contributed by atoms with Gasteiger partial charge >= 0.3 is 0 Å². The minimum absolute atomic E-state index is 0.100. The molecule has 2 rings (SSSR count). The molecule has 1 aliphatic rings. The van der Waals surface area contributed by atoms with E-state index in [0.717, 1.165) is 11.4 Å². The Hall–Kier alpha value is -1.62. The van der Waals surface area contributed by atoms with Crippen LogP contribution in [0.3, 0.4) is 0 Å². The maximum Gasteiger partial charge on any atom is 0.244 e. The molecule has 0 aromatic heterocycles. The van der Waals surface area contributed by atoms with Gasteiger partial charge in [0.05, 0.1) is 11.4 Å². The number of carbonyl (C=O) groups excluding carboxylic acids is 1. The Morgan fingerprint density at radius 1 is 1.50 bits per heavy atom. The van der Waals surface area contributed by atoms with Gasteiger partial charge in [0.15, 0.2) is 5.11 Å². The van der Waals surface area contributed by atoms with E-state index in [1.165, 1.54) is 0 Å². The van der Waals surface area contributed by atoms with Crippen molar-refractivity contribution in [2.24, 2.45) is 5.73 Å². The first-order valence-corrected chi connectivity index (χ1v) is 4.55. The minimum atomic E-state index is -0.100. The zero-order chi connectivity index (χ0) is 10.1. The summed E-state index contributed by atoms with van der Waals surface area (Å²) in [5.41, 5.74) is 7.12. The lowest BCUT2D eigenvalue weighted by Crippen LogP contribution is -2.44. The van der Waals surface area contributed by atoms with Gasteiger partial charge in [0.25, 0.3) is 0 Å². The van der Waals surface area contributed by atoms with E-state index in [9.17, 15) is 4.79 Å². The van der Waals surface area contributed by atoms with Crippen molar-refractivity contribution < 1.29 is 4.79 Å². The van der Waals surface area contributed by atoms with Crippen LogP contribution in [0.25, 0.3) is 0 Å². The zero-order valence-electron chi connectivity index (χ0n) is 7.36. The summed E-state index contributed by atoms with van der Waals surface area (Å²) in [4.78, 5) is 12.9. The number of amides is 1. The Labute approximate surface area is 86.7 Å². The number of hydrogen-bond acceptors (Lipinski definition) is 2. The summed E-state index contributed by atoms with van der Waals surface area (Å²) in [5.74, 6) is -0.100. The van der Waals surface area contributed by atoms with Crippen molar-refractivity contribution in [3.8, 4) is 0 Å². The second kappa shape index (κ2) is 3.26. The van der Waals surface area contributed by atoms with E-state index in [-0.39, 0.29) is 17.6 Å². The monoisotopic (exact) mass is 207 g/mol. The van der Waals surface area contributed by atoms with Crippen molar-refractivity contribution in [2.45, 2.75) is 0 Å². The average Bonchev–Trinajstić information content (AvgIpc) is 2.16. The van der Waals surface area contributed by atoms with Crippen LogP contribution in [-0.2, 0) is 4.79 Å². The molecule has 4 nitrogen and oxygen atoms in total. The molecule has 1 amide bonds. The van der Waals surface area contributed by atoms with E-state index in [1.807, 2.05) is 24.3 Å². The van der Waals surface area contributed by atoms with Crippen LogP contribution >= 0.6 is 12.2 Å². The maximum atomic E-state index is 11.3. The summed E-state index contributed by atoms with van der Waals surface area (Å²) < 4.78 is 0. The molecule has 0 saturated heterocycles. The topological polar surface area (TPSA) is 58.4 Å². The molecule has 1 aromatic carbocycles. The van der Waals surface area contributed by atoms with E-state index in [2.05, 4.69) is 5.32 Å². The number of para-hydroxylation sites is 2. The van der Waals surface area contributed by atoms with Crippen LogP contribution in [0.15, 0.2) is 24.3 Å². The highest BCUT2D eigenvalue weighted by Gasteiger charge is 2.22. The molecule has 0 spiro atoms. The Balaban J connectivity index is 2.48. The van der Waals surface area contributed by atoms with Crippen LogP contribution in [0.5, 0.6) is 0 Å². The molecule has 0 atom stereocenters. The number of benzene rings is 1. The summed E-state index contributed by atoms with van der Waals surface area (Å²) in [6, 6.07) is 7.41. The van der Waals surface area contributed by atoms with Crippen molar-refractivity contribution in [1.82, 2.24) is 0 Å². The molecular formula is C9H9N3OS. The second-order valence-electron chi connectivity index (χ2n) is 2.99. The smallest absolute Gasteiger partial charge is 0.244 e. The number of hydrogen-bond donors (Lipinski definition) is 2. The van der Waals surface area contributed by atoms with E-state index in [1.54, 1.807) is 4.90 Å². The van der Waals surface area contributed by atoms with Gasteiger partial charge in [-0.15, -0.1) is 0 Å². The molecule has 14 heavy (non-hydrogen) atoms. The van der Waals surface area contributed by atoms with Gasteiger partial charge in [-0.25, -0.2) is 0 Å². The van der Waals surface area contributed by atoms with Gasteiger partial charge in [-0.1, -0.05) is 12.1 Å². The fourth-order valence-corrected chi connectivity index (χ4v) is 1.59. The van der Waals surface area contributed by atoms with Crippen molar-refractivity contribution in [3.05, 3.63) is 24.3 Å². The first-order valence-electron chi connectivity index (χ1n) is 4.14. The standard InChI is InChI=1S/C9H9N3OS/c10-9(14)12-5-8(13)11-6-3-1-2-4-7(6)12/h1-4H,5H2,(H2,10,14)(H,11,13). The quantitative estimate of drug-likeness (QED) is 0.614. The Morgan fingerprint density at radius 3 is 2.93 bits per heavy atom. The highest BCUT2D eigenvalue weighted by Crippen LogP contribution is 2.28. The molecule has 1 aromatic rings. The molecule has 5 heteroatoms. The lowest BCUT2D eigenvalue weighted by molar-refractivity contribution is -0.115. The van der Waals surface area contributed by atoms with E-state index >= 15 is 0 Å². The van der Waals surface area contributed by atoms with E-state index in [0.29, 0.717) is 0 Å². The average molecular weight is 207 g/mol. The fraction of sp³-hybridized carbons (Fsp3) is 0.111. The van der Waals surface area contributed by atoms with Gasteiger partial charge in [-0.05, 0) is 24.4 Å². The van der Waals surface area contributed by atoms with Gasteiger partial charge in [0.2, 0.25) is 5.91 Å². The molecule has 1 aliphatic heterocycles. The highest BCUT2D eigenvalue weighted by atomic mass is 32.1. The summed E-state index contributed by atoms with van der Waals surface area (Å²) in [6.45, 7) is 0.187. The van der Waals surface area contributed by atoms with Crippen LogP contribution in [0, 0.1) is 0 Å². The predicted molar refractivity (Wildman–Crippen MR) is 59.2 cm³/mol. The molecule has 3 N–H and O–H groups in total. The number of rotatable bonds is 0. The summed E-state index contributed by atoms with van der Waals surface area (Å²) in [5, 5.41) is 2.96. The zero-order valence-corrected chi connectivity index (χ0v) is 8.17.